The van der Waals surface area contributed by atoms with Gasteiger partial charge in [0.1, 0.15) is 5.82 Å². The Labute approximate surface area is 168 Å². The highest BCUT2D eigenvalue weighted by Crippen LogP contribution is 2.23. The fourth-order valence-corrected chi connectivity index (χ4v) is 4.19. The molecule has 1 aliphatic rings. The van der Waals surface area contributed by atoms with Gasteiger partial charge in [0.05, 0.1) is 14.6 Å². The molecule has 0 atom stereocenters. The Hall–Kier alpha value is -2.06. The quantitative estimate of drug-likeness (QED) is 0.508. The van der Waals surface area contributed by atoms with Crippen molar-refractivity contribution < 1.29 is 23.5 Å². The normalized spacial score (nSPS) is 14.8. The smallest absolute Gasteiger partial charge is 0.309 e. The van der Waals surface area contributed by atoms with Gasteiger partial charge in [-0.3, -0.25) is 14.4 Å². The summed E-state index contributed by atoms with van der Waals surface area (Å²) in [6, 6.07) is 8.86. The van der Waals surface area contributed by atoms with Crippen molar-refractivity contribution in [3.05, 3.63) is 56.4 Å². The largest absolute Gasteiger partial charge is 0.457 e. The van der Waals surface area contributed by atoms with Crippen LogP contribution in [0, 0.1) is 11.7 Å². The molecule has 3 rings (SSSR count). The number of ketones is 1. The van der Waals surface area contributed by atoms with Crippen LogP contribution in [0.5, 0.6) is 0 Å². The minimum Gasteiger partial charge on any atom is -0.457 e. The van der Waals surface area contributed by atoms with E-state index >= 15 is 0 Å². The lowest BCUT2D eigenvalue weighted by Crippen LogP contribution is -2.40. The first-order valence-electron chi connectivity index (χ1n) is 8.44. The molecule has 2 heterocycles. The van der Waals surface area contributed by atoms with Crippen molar-refractivity contribution in [2.75, 3.05) is 19.7 Å². The lowest BCUT2D eigenvalue weighted by molar-refractivity contribution is -0.148. The summed E-state index contributed by atoms with van der Waals surface area (Å²) < 4.78 is 19.0. The first kappa shape index (κ1) is 19.7. The molecule has 5 nitrogen and oxygen atoms in total. The van der Waals surface area contributed by atoms with Gasteiger partial charge < -0.3 is 9.64 Å². The van der Waals surface area contributed by atoms with E-state index in [1.165, 1.54) is 35.6 Å². The van der Waals surface area contributed by atoms with E-state index in [-0.39, 0.29) is 24.2 Å². The fourth-order valence-electron chi connectivity index (χ4n) is 2.88. The highest BCUT2D eigenvalue weighted by molar-refractivity contribution is 9.11. The predicted octanol–water partition coefficient (Wildman–Crippen LogP) is 3.93. The number of halogens is 2. The van der Waals surface area contributed by atoms with Crippen molar-refractivity contribution in [2.24, 2.45) is 5.92 Å². The van der Waals surface area contributed by atoms with Gasteiger partial charge in [0.2, 0.25) is 5.78 Å². The fraction of sp³-hybridized carbons (Fsp3) is 0.316. The number of rotatable bonds is 5. The van der Waals surface area contributed by atoms with E-state index in [0.717, 1.165) is 3.79 Å². The van der Waals surface area contributed by atoms with Crippen LogP contribution in [0.15, 0.2) is 40.2 Å². The van der Waals surface area contributed by atoms with E-state index in [9.17, 15) is 18.8 Å². The van der Waals surface area contributed by atoms with Crippen molar-refractivity contribution >= 4 is 44.9 Å². The summed E-state index contributed by atoms with van der Waals surface area (Å²) in [6.07, 6.45) is 0.953. The zero-order valence-corrected chi connectivity index (χ0v) is 16.7. The summed E-state index contributed by atoms with van der Waals surface area (Å²) in [6.45, 7) is 0.560. The lowest BCUT2D eigenvalue weighted by atomic mass is 9.96. The molecule has 1 amide bonds. The minimum absolute atomic E-state index is 0.180. The maximum Gasteiger partial charge on any atom is 0.309 e. The Morgan fingerprint density at radius 1 is 1.11 bits per heavy atom. The van der Waals surface area contributed by atoms with Gasteiger partial charge in [-0.25, -0.2) is 4.39 Å². The third-order valence-electron chi connectivity index (χ3n) is 4.40. The maximum atomic E-state index is 13.0. The van der Waals surface area contributed by atoms with Crippen LogP contribution < -0.4 is 0 Å². The van der Waals surface area contributed by atoms with Gasteiger partial charge in [-0.1, -0.05) is 0 Å². The molecule has 1 fully saturated rings. The number of thiophene rings is 1. The second kappa shape index (κ2) is 8.75. The molecule has 0 unspecified atom stereocenters. The number of ether oxygens (including phenoxy) is 1. The first-order valence-corrected chi connectivity index (χ1v) is 10.0. The molecule has 142 valence electrons. The monoisotopic (exact) mass is 453 g/mol. The van der Waals surface area contributed by atoms with Crippen LogP contribution in [0.4, 0.5) is 4.39 Å². The number of carbonyl (C=O) groups is 3. The Morgan fingerprint density at radius 3 is 2.37 bits per heavy atom. The number of Topliss-reactive ketones (excluding diaryl/α,β-unsaturated/α-hetero) is 1. The molecule has 0 saturated carbocycles. The first-order chi connectivity index (χ1) is 12.9. The average molecular weight is 454 g/mol. The highest BCUT2D eigenvalue weighted by Gasteiger charge is 2.29. The van der Waals surface area contributed by atoms with E-state index < -0.39 is 11.8 Å². The predicted molar refractivity (Wildman–Crippen MR) is 102 cm³/mol. The Morgan fingerprint density at radius 2 is 1.78 bits per heavy atom. The van der Waals surface area contributed by atoms with Gasteiger partial charge in [-0.15, -0.1) is 11.3 Å². The zero-order chi connectivity index (χ0) is 19.4. The Balaban J connectivity index is 1.47. The van der Waals surface area contributed by atoms with Crippen LogP contribution in [0.25, 0.3) is 0 Å². The number of likely N-dealkylation sites (tertiary alicyclic amines) is 1. The van der Waals surface area contributed by atoms with Gasteiger partial charge in [-0.05, 0) is 65.2 Å². The average Bonchev–Trinajstić information content (AvgIpc) is 3.12. The molecule has 27 heavy (non-hydrogen) atoms. The van der Waals surface area contributed by atoms with Crippen molar-refractivity contribution in [2.45, 2.75) is 12.8 Å². The van der Waals surface area contributed by atoms with E-state index in [1.807, 2.05) is 0 Å². The van der Waals surface area contributed by atoms with Gasteiger partial charge in [-0.2, -0.15) is 0 Å². The van der Waals surface area contributed by atoms with Gasteiger partial charge >= 0.3 is 5.97 Å². The summed E-state index contributed by atoms with van der Waals surface area (Å²) >= 11 is 4.58. The van der Waals surface area contributed by atoms with Crippen LogP contribution in [0.2, 0.25) is 0 Å². The molecular formula is C19H17BrFNO4S. The summed E-state index contributed by atoms with van der Waals surface area (Å²) in [5.74, 6) is -1.54. The Kier molecular flexibility index (Phi) is 6.38. The van der Waals surface area contributed by atoms with Crippen LogP contribution in [-0.2, 0) is 9.53 Å². The van der Waals surface area contributed by atoms with Crippen molar-refractivity contribution in [1.82, 2.24) is 4.90 Å². The molecule has 0 aliphatic carbocycles. The molecule has 8 heteroatoms. The SMILES string of the molecule is O=C(COC(=O)C1CCN(C(=O)c2ccc(F)cc2)CC1)c1ccc(Br)s1. The Bertz CT molecular complexity index is 844. The topological polar surface area (TPSA) is 63.7 Å². The number of hydrogen-bond acceptors (Lipinski definition) is 5. The third kappa shape index (κ3) is 5.01. The van der Waals surface area contributed by atoms with Crippen LogP contribution in [0.1, 0.15) is 32.9 Å². The third-order valence-corrected chi connectivity index (χ3v) is 6.06. The maximum absolute atomic E-state index is 13.0. The molecule has 1 aromatic heterocycles. The molecular weight excluding hydrogens is 437 g/mol. The molecule has 1 saturated heterocycles. The van der Waals surface area contributed by atoms with Crippen molar-refractivity contribution in [3.8, 4) is 0 Å². The van der Waals surface area contributed by atoms with E-state index in [4.69, 9.17) is 4.74 Å². The van der Waals surface area contributed by atoms with E-state index in [1.54, 1.807) is 17.0 Å². The van der Waals surface area contributed by atoms with Crippen LogP contribution in [-0.4, -0.2) is 42.3 Å². The number of hydrogen-bond donors (Lipinski definition) is 0. The molecule has 0 N–H and O–H groups in total. The molecule has 1 aromatic carbocycles. The number of piperidine rings is 1. The molecule has 1 aliphatic heterocycles. The van der Waals surface area contributed by atoms with E-state index in [2.05, 4.69) is 15.9 Å². The lowest BCUT2D eigenvalue weighted by Gasteiger charge is -2.31. The number of amides is 1. The number of nitrogens with zero attached hydrogens (tertiary/aromatic N) is 1. The van der Waals surface area contributed by atoms with Gasteiger partial charge in [0.15, 0.2) is 6.61 Å². The summed E-state index contributed by atoms with van der Waals surface area (Å²) in [5, 5.41) is 0. The second-order valence-electron chi connectivity index (χ2n) is 6.21. The standard InChI is InChI=1S/C19H17BrFNO4S/c20-17-6-5-16(27-17)15(23)11-26-19(25)13-7-9-22(10-8-13)18(24)12-1-3-14(21)4-2-12/h1-6,13H,7-11H2. The van der Waals surface area contributed by atoms with Crippen LogP contribution in [0.3, 0.4) is 0 Å². The number of benzene rings is 1. The molecule has 0 spiro atoms. The zero-order valence-electron chi connectivity index (χ0n) is 14.3. The molecule has 0 radical (unpaired) electrons. The molecule has 2 aromatic rings. The van der Waals surface area contributed by atoms with Gasteiger partial charge in [0, 0.05) is 18.7 Å². The minimum atomic E-state index is -0.409. The van der Waals surface area contributed by atoms with Crippen molar-refractivity contribution in [3.63, 3.8) is 0 Å². The number of esters is 1. The second-order valence-corrected chi connectivity index (χ2v) is 8.67. The number of carbonyl (C=O) groups excluding carboxylic acids is 3. The summed E-state index contributed by atoms with van der Waals surface area (Å²) in [7, 11) is 0. The van der Waals surface area contributed by atoms with Gasteiger partial charge in [0.25, 0.3) is 5.91 Å². The van der Waals surface area contributed by atoms with E-state index in [0.29, 0.717) is 36.4 Å². The summed E-state index contributed by atoms with van der Waals surface area (Å²) in [5.41, 5.74) is 0.421. The van der Waals surface area contributed by atoms with Crippen molar-refractivity contribution in [1.29, 1.82) is 0 Å². The molecule has 0 bridgehead atoms. The summed E-state index contributed by atoms with van der Waals surface area (Å²) in [4.78, 5) is 38.8. The highest BCUT2D eigenvalue weighted by atomic mass is 79.9. The van der Waals surface area contributed by atoms with Crippen LogP contribution >= 0.6 is 27.3 Å².